The summed E-state index contributed by atoms with van der Waals surface area (Å²) >= 11 is 8.31. The van der Waals surface area contributed by atoms with Crippen LogP contribution in [0.2, 0.25) is 5.02 Å². The number of halogens is 3. The molecule has 0 radical (unpaired) electrons. The number of hydrogen-bond acceptors (Lipinski definition) is 5. The molecule has 0 aliphatic heterocycles. The van der Waals surface area contributed by atoms with Crippen molar-refractivity contribution in [1.29, 1.82) is 0 Å². The molecule has 0 spiro atoms. The molecular formula is C32H38Cl3N3O2S. The molecule has 9 heteroatoms. The van der Waals surface area contributed by atoms with Crippen LogP contribution in [0.1, 0.15) is 59.2 Å². The summed E-state index contributed by atoms with van der Waals surface area (Å²) in [5.74, 6) is 0.811. The first-order chi connectivity index (χ1) is 18.9. The minimum absolute atomic E-state index is 0. The predicted octanol–water partition coefficient (Wildman–Crippen LogP) is 8.65. The number of amides is 1. The number of aromatic nitrogens is 1. The third kappa shape index (κ3) is 7.36. The molecule has 41 heavy (non-hydrogen) atoms. The lowest BCUT2D eigenvalue weighted by atomic mass is 9.89. The highest BCUT2D eigenvalue weighted by Gasteiger charge is 2.32. The first kappa shape index (κ1) is 33.2. The highest BCUT2D eigenvalue weighted by atomic mass is 35.5. The van der Waals surface area contributed by atoms with Gasteiger partial charge < -0.3 is 15.0 Å². The quantitative estimate of drug-likeness (QED) is 0.211. The Morgan fingerprint density at radius 2 is 1.71 bits per heavy atom. The van der Waals surface area contributed by atoms with E-state index >= 15 is 0 Å². The van der Waals surface area contributed by atoms with Gasteiger partial charge in [-0.15, -0.1) is 36.2 Å². The lowest BCUT2D eigenvalue weighted by Gasteiger charge is -2.37. The van der Waals surface area contributed by atoms with Crippen LogP contribution >= 0.6 is 47.8 Å². The number of thiophene rings is 1. The van der Waals surface area contributed by atoms with Crippen LogP contribution in [0.3, 0.4) is 0 Å². The minimum Gasteiger partial charge on any atom is -0.494 e. The number of rotatable bonds is 8. The SMILES string of the molecule is CCOc1ccc(-c2cc(C)nc(C)c2)cc1CN(C(=O)c1sc2ccccc2c1Cl)C1CCC(NC)CC1.Cl.Cl. The smallest absolute Gasteiger partial charge is 0.266 e. The van der Waals surface area contributed by atoms with Gasteiger partial charge in [0.2, 0.25) is 0 Å². The molecule has 1 aliphatic rings. The Balaban J connectivity index is 0.00000231. The Morgan fingerprint density at radius 1 is 1.02 bits per heavy atom. The van der Waals surface area contributed by atoms with E-state index in [4.69, 9.17) is 16.3 Å². The molecule has 5 nitrogen and oxygen atoms in total. The molecule has 2 heterocycles. The van der Waals surface area contributed by atoms with Crippen LogP contribution in [0.5, 0.6) is 5.75 Å². The summed E-state index contributed by atoms with van der Waals surface area (Å²) in [5.41, 5.74) is 5.18. The van der Waals surface area contributed by atoms with Gasteiger partial charge in [-0.05, 0) is 95.0 Å². The lowest BCUT2D eigenvalue weighted by Crippen LogP contribution is -2.44. The number of pyridine rings is 1. The predicted molar refractivity (Wildman–Crippen MR) is 177 cm³/mol. The van der Waals surface area contributed by atoms with Crippen molar-refractivity contribution < 1.29 is 9.53 Å². The van der Waals surface area contributed by atoms with E-state index in [-0.39, 0.29) is 36.8 Å². The second kappa shape index (κ2) is 14.7. The van der Waals surface area contributed by atoms with Gasteiger partial charge in [-0.1, -0.05) is 35.9 Å². The molecule has 1 N–H and O–H groups in total. The zero-order chi connectivity index (χ0) is 27.5. The number of ether oxygens (including phenoxy) is 1. The van der Waals surface area contributed by atoms with E-state index in [1.165, 1.54) is 11.3 Å². The molecule has 5 rings (SSSR count). The summed E-state index contributed by atoms with van der Waals surface area (Å²) in [6, 6.07) is 19.1. The van der Waals surface area contributed by atoms with Crippen LogP contribution < -0.4 is 10.1 Å². The number of carbonyl (C=O) groups excluding carboxylic acids is 1. The van der Waals surface area contributed by atoms with Crippen molar-refractivity contribution in [3.8, 4) is 16.9 Å². The van der Waals surface area contributed by atoms with Crippen molar-refractivity contribution >= 4 is 63.7 Å². The van der Waals surface area contributed by atoms with Gasteiger partial charge >= 0.3 is 0 Å². The summed E-state index contributed by atoms with van der Waals surface area (Å²) in [6.07, 6.45) is 3.98. The molecule has 2 aromatic heterocycles. The maximum absolute atomic E-state index is 14.3. The number of aryl methyl sites for hydroxylation is 2. The maximum atomic E-state index is 14.3. The summed E-state index contributed by atoms with van der Waals surface area (Å²) < 4.78 is 7.10. The Bertz CT molecular complexity index is 1460. The van der Waals surface area contributed by atoms with Gasteiger partial charge in [0.05, 0.1) is 11.6 Å². The first-order valence-corrected chi connectivity index (χ1v) is 14.9. The van der Waals surface area contributed by atoms with Crippen LogP contribution in [0, 0.1) is 13.8 Å². The third-order valence-corrected chi connectivity index (χ3v) is 9.31. The second-order valence-electron chi connectivity index (χ2n) is 10.4. The highest BCUT2D eigenvalue weighted by Crippen LogP contribution is 2.38. The number of carbonyl (C=O) groups is 1. The molecule has 1 aliphatic carbocycles. The minimum atomic E-state index is -0.00226. The van der Waals surface area contributed by atoms with Gasteiger partial charge in [-0.2, -0.15) is 0 Å². The van der Waals surface area contributed by atoms with Gasteiger partial charge in [0.25, 0.3) is 5.91 Å². The van der Waals surface area contributed by atoms with Gasteiger partial charge in [0, 0.05) is 45.7 Å². The van der Waals surface area contributed by atoms with Gasteiger partial charge in [-0.3, -0.25) is 9.78 Å². The molecule has 0 unspecified atom stereocenters. The number of nitrogens with one attached hydrogen (secondary N) is 1. The average molecular weight is 635 g/mol. The van der Waals surface area contributed by atoms with Crippen LogP contribution in [0.4, 0.5) is 0 Å². The Labute approximate surface area is 264 Å². The molecule has 220 valence electrons. The first-order valence-electron chi connectivity index (χ1n) is 13.7. The van der Waals surface area contributed by atoms with E-state index in [0.717, 1.165) is 69.6 Å². The van der Waals surface area contributed by atoms with Crippen LogP contribution in [0.25, 0.3) is 21.2 Å². The molecule has 4 aromatic rings. The zero-order valence-corrected chi connectivity index (χ0v) is 27.1. The lowest BCUT2D eigenvalue weighted by molar-refractivity contribution is 0.0604. The van der Waals surface area contributed by atoms with E-state index < -0.39 is 0 Å². The number of benzene rings is 2. The summed E-state index contributed by atoms with van der Waals surface area (Å²) in [5, 5.41) is 4.90. The normalized spacial score (nSPS) is 16.5. The molecule has 2 aromatic carbocycles. The molecule has 1 fully saturated rings. The number of hydrogen-bond donors (Lipinski definition) is 1. The second-order valence-corrected chi connectivity index (χ2v) is 11.8. The van der Waals surface area contributed by atoms with Crippen LogP contribution in [-0.4, -0.2) is 41.5 Å². The molecule has 0 saturated heterocycles. The fourth-order valence-corrected chi connectivity index (χ4v) is 7.16. The van der Waals surface area contributed by atoms with E-state index in [2.05, 4.69) is 34.6 Å². The van der Waals surface area contributed by atoms with Gasteiger partial charge in [0.1, 0.15) is 10.6 Å². The zero-order valence-electron chi connectivity index (χ0n) is 23.9. The fraction of sp³-hybridized carbons (Fsp3) is 0.375. The Kier molecular flexibility index (Phi) is 11.9. The monoisotopic (exact) mass is 633 g/mol. The van der Waals surface area contributed by atoms with Crippen molar-refractivity contribution in [2.24, 2.45) is 0 Å². The van der Waals surface area contributed by atoms with Crippen molar-refractivity contribution in [2.75, 3.05) is 13.7 Å². The van der Waals surface area contributed by atoms with E-state index in [0.29, 0.717) is 29.1 Å². The summed E-state index contributed by atoms with van der Waals surface area (Å²) in [6.45, 7) is 7.05. The fourth-order valence-electron chi connectivity index (χ4n) is 5.69. The van der Waals surface area contributed by atoms with Gasteiger partial charge in [-0.25, -0.2) is 0 Å². The highest BCUT2D eigenvalue weighted by molar-refractivity contribution is 7.21. The van der Waals surface area contributed by atoms with Crippen molar-refractivity contribution in [1.82, 2.24) is 15.2 Å². The van der Waals surface area contributed by atoms with Crippen LogP contribution in [-0.2, 0) is 6.54 Å². The molecule has 1 amide bonds. The molecule has 1 saturated carbocycles. The third-order valence-electron chi connectivity index (χ3n) is 7.65. The summed E-state index contributed by atoms with van der Waals surface area (Å²) in [7, 11) is 2.02. The molecular weight excluding hydrogens is 597 g/mol. The van der Waals surface area contributed by atoms with Gasteiger partial charge in [0.15, 0.2) is 0 Å². The average Bonchev–Trinajstić information content (AvgIpc) is 3.28. The number of nitrogens with zero attached hydrogens (tertiary/aromatic N) is 2. The Hall–Kier alpha value is -2.35. The van der Waals surface area contributed by atoms with E-state index in [9.17, 15) is 4.79 Å². The van der Waals surface area contributed by atoms with E-state index in [1.54, 1.807) is 0 Å². The van der Waals surface area contributed by atoms with Crippen molar-refractivity contribution in [3.05, 3.63) is 81.4 Å². The molecule has 0 atom stereocenters. The standard InChI is InChI=1S/C32H36ClN3O2S.2ClH/c1-5-38-28-15-10-22(23-16-20(2)35-21(3)17-23)18-24(28)19-36(26-13-11-25(34-4)12-14-26)32(37)31-30(33)27-8-6-7-9-29(27)39-31;;/h6-10,15-18,25-26,34H,5,11-14,19H2,1-4H3;2*1H. The Morgan fingerprint density at radius 3 is 2.34 bits per heavy atom. The number of fused-ring (bicyclic) bond motifs is 1. The molecule has 0 bridgehead atoms. The maximum Gasteiger partial charge on any atom is 0.266 e. The summed E-state index contributed by atoms with van der Waals surface area (Å²) in [4.78, 5) is 21.5. The van der Waals surface area contributed by atoms with Crippen molar-refractivity contribution in [2.45, 2.75) is 65.1 Å². The largest absolute Gasteiger partial charge is 0.494 e. The topological polar surface area (TPSA) is 54.5 Å². The van der Waals surface area contributed by atoms with Crippen LogP contribution in [0.15, 0.2) is 54.6 Å². The van der Waals surface area contributed by atoms with E-state index in [1.807, 2.05) is 63.1 Å². The van der Waals surface area contributed by atoms with Crippen molar-refractivity contribution in [3.63, 3.8) is 0 Å².